The highest BCUT2D eigenvalue weighted by atomic mass is 16.5. The minimum Gasteiger partial charge on any atom is -0.379 e. The molecule has 5 heteroatoms. The molecule has 3 rings (SSSR count). The van der Waals surface area contributed by atoms with Gasteiger partial charge in [0.15, 0.2) is 0 Å². The molecule has 1 aromatic heterocycles. The van der Waals surface area contributed by atoms with Gasteiger partial charge in [-0.05, 0) is 36.6 Å². The lowest BCUT2D eigenvalue weighted by Crippen LogP contribution is -2.35. The predicted octanol–water partition coefficient (Wildman–Crippen LogP) is 2.62. The van der Waals surface area contributed by atoms with Crippen LogP contribution in [-0.2, 0) is 17.7 Å². The first-order valence-corrected chi connectivity index (χ1v) is 8.68. The number of ether oxygens (including phenoxy) is 1. The Bertz CT molecular complexity index is 858. The molecule has 0 radical (unpaired) electrons. The molecule has 0 amide bonds. The van der Waals surface area contributed by atoms with Crippen LogP contribution >= 0.6 is 0 Å². The molecule has 0 aliphatic carbocycles. The van der Waals surface area contributed by atoms with E-state index in [1.807, 2.05) is 38.1 Å². The molecule has 0 unspecified atom stereocenters. The molecule has 5 nitrogen and oxygen atoms in total. The molecule has 2 aromatic rings. The molecular formula is C20H23N3O2. The molecule has 1 saturated heterocycles. The summed E-state index contributed by atoms with van der Waals surface area (Å²) in [5, 5.41) is 9.58. The van der Waals surface area contributed by atoms with Crippen molar-refractivity contribution in [1.82, 2.24) is 9.88 Å². The first-order chi connectivity index (χ1) is 12.1. The summed E-state index contributed by atoms with van der Waals surface area (Å²) < 4.78 is 5.38. The number of aryl methyl sites for hydroxylation is 2. The smallest absolute Gasteiger partial charge is 0.251 e. The van der Waals surface area contributed by atoms with Crippen LogP contribution in [0.4, 0.5) is 0 Å². The zero-order chi connectivity index (χ0) is 17.8. The number of H-pyrrole nitrogens is 1. The predicted molar refractivity (Wildman–Crippen MR) is 97.4 cm³/mol. The Hall–Kier alpha value is -2.42. The Morgan fingerprint density at radius 1 is 1.24 bits per heavy atom. The first kappa shape index (κ1) is 17.4. The molecule has 0 spiro atoms. The number of morpholine rings is 1. The second kappa shape index (κ2) is 7.64. The van der Waals surface area contributed by atoms with Gasteiger partial charge in [0.25, 0.3) is 5.56 Å². The number of aromatic amines is 1. The number of nitriles is 1. The van der Waals surface area contributed by atoms with Crippen molar-refractivity contribution in [2.45, 2.75) is 26.8 Å². The zero-order valence-electron chi connectivity index (χ0n) is 14.8. The van der Waals surface area contributed by atoms with E-state index in [1.54, 1.807) is 0 Å². The number of rotatable bonds is 4. The van der Waals surface area contributed by atoms with E-state index >= 15 is 0 Å². The number of hydrogen-bond donors (Lipinski definition) is 1. The van der Waals surface area contributed by atoms with Gasteiger partial charge < -0.3 is 9.72 Å². The normalized spacial score (nSPS) is 15.1. The summed E-state index contributed by atoms with van der Waals surface area (Å²) in [7, 11) is 0. The average Bonchev–Trinajstić information content (AvgIpc) is 2.63. The monoisotopic (exact) mass is 337 g/mol. The number of pyridine rings is 1. The summed E-state index contributed by atoms with van der Waals surface area (Å²) in [6.07, 6.45) is 0.683. The van der Waals surface area contributed by atoms with E-state index in [2.05, 4.69) is 16.0 Å². The second-order valence-corrected chi connectivity index (χ2v) is 6.39. The molecule has 0 atom stereocenters. The van der Waals surface area contributed by atoms with E-state index in [-0.39, 0.29) is 5.56 Å². The molecule has 0 saturated carbocycles. The van der Waals surface area contributed by atoms with Gasteiger partial charge in [0.05, 0.1) is 24.8 Å². The third-order valence-corrected chi connectivity index (χ3v) is 4.74. The van der Waals surface area contributed by atoms with Crippen LogP contribution in [0.15, 0.2) is 29.1 Å². The second-order valence-electron chi connectivity index (χ2n) is 6.39. The third kappa shape index (κ3) is 3.81. The molecule has 1 aliphatic rings. The quantitative estimate of drug-likeness (QED) is 0.931. The molecule has 1 fully saturated rings. The molecule has 1 aromatic carbocycles. The van der Waals surface area contributed by atoms with Crippen LogP contribution in [0.2, 0.25) is 0 Å². The Labute approximate surface area is 147 Å². The number of aromatic nitrogens is 1. The lowest BCUT2D eigenvalue weighted by Gasteiger charge is -2.27. The average molecular weight is 337 g/mol. The van der Waals surface area contributed by atoms with Crippen molar-refractivity contribution in [3.63, 3.8) is 0 Å². The molecule has 130 valence electrons. The minimum absolute atomic E-state index is 0.0341. The van der Waals surface area contributed by atoms with Crippen molar-refractivity contribution in [3.05, 3.63) is 57.0 Å². The van der Waals surface area contributed by atoms with Gasteiger partial charge >= 0.3 is 0 Å². The highest BCUT2D eigenvalue weighted by Gasteiger charge is 2.14. The maximum Gasteiger partial charge on any atom is 0.251 e. The summed E-state index contributed by atoms with van der Waals surface area (Å²) in [6, 6.07) is 10.3. The zero-order valence-corrected chi connectivity index (χ0v) is 14.8. The summed E-state index contributed by atoms with van der Waals surface area (Å²) in [5.41, 5.74) is 5.21. The van der Waals surface area contributed by atoms with E-state index in [0.717, 1.165) is 60.8 Å². The van der Waals surface area contributed by atoms with Crippen molar-refractivity contribution in [3.8, 4) is 17.2 Å². The van der Waals surface area contributed by atoms with Crippen LogP contribution in [0.1, 0.15) is 29.3 Å². The summed E-state index contributed by atoms with van der Waals surface area (Å²) in [6.45, 7) is 7.90. The van der Waals surface area contributed by atoms with Crippen LogP contribution in [0.5, 0.6) is 0 Å². The molecular weight excluding hydrogens is 314 g/mol. The Morgan fingerprint density at radius 3 is 2.68 bits per heavy atom. The van der Waals surface area contributed by atoms with Gasteiger partial charge in [-0.2, -0.15) is 5.26 Å². The summed E-state index contributed by atoms with van der Waals surface area (Å²) in [4.78, 5) is 17.1. The van der Waals surface area contributed by atoms with Crippen molar-refractivity contribution >= 4 is 0 Å². The highest BCUT2D eigenvalue weighted by Crippen LogP contribution is 2.25. The Kier molecular flexibility index (Phi) is 5.32. The third-order valence-electron chi connectivity index (χ3n) is 4.74. The van der Waals surface area contributed by atoms with E-state index < -0.39 is 0 Å². The van der Waals surface area contributed by atoms with Gasteiger partial charge in [-0.25, -0.2) is 0 Å². The molecule has 0 bridgehead atoms. The number of benzene rings is 1. The highest BCUT2D eigenvalue weighted by molar-refractivity contribution is 5.68. The lowest BCUT2D eigenvalue weighted by molar-refractivity contribution is 0.0341. The van der Waals surface area contributed by atoms with E-state index in [9.17, 15) is 10.1 Å². The van der Waals surface area contributed by atoms with Gasteiger partial charge in [-0.3, -0.25) is 9.69 Å². The molecule has 1 aliphatic heterocycles. The van der Waals surface area contributed by atoms with Gasteiger partial charge in [0.1, 0.15) is 0 Å². The van der Waals surface area contributed by atoms with Gasteiger partial charge in [0.2, 0.25) is 0 Å². The molecule has 25 heavy (non-hydrogen) atoms. The van der Waals surface area contributed by atoms with Crippen molar-refractivity contribution in [1.29, 1.82) is 5.26 Å². The van der Waals surface area contributed by atoms with Gasteiger partial charge in [-0.15, -0.1) is 0 Å². The summed E-state index contributed by atoms with van der Waals surface area (Å²) >= 11 is 0. The maximum absolute atomic E-state index is 11.9. The van der Waals surface area contributed by atoms with E-state index in [1.165, 1.54) is 0 Å². The number of nitrogens with one attached hydrogen (secondary N) is 1. The van der Waals surface area contributed by atoms with E-state index in [0.29, 0.717) is 12.0 Å². The fourth-order valence-corrected chi connectivity index (χ4v) is 3.21. The lowest BCUT2D eigenvalue weighted by atomic mass is 9.97. The molecule has 1 N–H and O–H groups in total. The van der Waals surface area contributed by atoms with Crippen molar-refractivity contribution < 1.29 is 4.74 Å². The van der Waals surface area contributed by atoms with Crippen LogP contribution in [0, 0.1) is 18.3 Å². The van der Waals surface area contributed by atoms with Crippen LogP contribution in [0.3, 0.4) is 0 Å². The number of nitrogens with zero attached hydrogens (tertiary/aromatic N) is 2. The van der Waals surface area contributed by atoms with Gasteiger partial charge in [0, 0.05) is 36.5 Å². The maximum atomic E-state index is 11.9. The van der Waals surface area contributed by atoms with Crippen LogP contribution < -0.4 is 5.56 Å². The Morgan fingerprint density at radius 2 is 2.00 bits per heavy atom. The van der Waals surface area contributed by atoms with Crippen LogP contribution in [0.25, 0.3) is 11.1 Å². The summed E-state index contributed by atoms with van der Waals surface area (Å²) in [5.74, 6) is 0. The van der Waals surface area contributed by atoms with Crippen LogP contribution in [-0.4, -0.2) is 36.2 Å². The van der Waals surface area contributed by atoms with Gasteiger partial charge in [-0.1, -0.05) is 19.1 Å². The topological polar surface area (TPSA) is 69.1 Å². The minimum atomic E-state index is -0.0341. The fourth-order valence-electron chi connectivity index (χ4n) is 3.21. The molecule has 2 heterocycles. The van der Waals surface area contributed by atoms with E-state index in [4.69, 9.17) is 4.74 Å². The first-order valence-electron chi connectivity index (χ1n) is 8.68. The standard InChI is InChI=1S/C20H23N3O2/c1-3-15-11-19(14(2)22-20(15)24)16-4-5-17(18(10-16)12-21)13-23-6-8-25-9-7-23/h4-5,10-11H,3,6-9,13H2,1-2H3,(H,22,24). The largest absolute Gasteiger partial charge is 0.379 e. The van der Waals surface area contributed by atoms with Crippen molar-refractivity contribution in [2.75, 3.05) is 26.3 Å². The fraction of sp³-hybridized carbons (Fsp3) is 0.400. The number of hydrogen-bond acceptors (Lipinski definition) is 4. The van der Waals surface area contributed by atoms with Crippen molar-refractivity contribution in [2.24, 2.45) is 0 Å². The SMILES string of the molecule is CCc1cc(-c2ccc(CN3CCOCC3)c(C#N)c2)c(C)[nH]c1=O. The Balaban J connectivity index is 1.94.